The van der Waals surface area contributed by atoms with Crippen molar-refractivity contribution in [1.82, 2.24) is 9.97 Å². The maximum Gasteiger partial charge on any atom is 0.309 e. The van der Waals surface area contributed by atoms with E-state index in [9.17, 15) is 22.4 Å². The topological polar surface area (TPSA) is 125 Å². The van der Waals surface area contributed by atoms with Gasteiger partial charge < -0.3 is 16.2 Å². The number of amides is 1. The van der Waals surface area contributed by atoms with Crippen LogP contribution in [0.1, 0.15) is 27.3 Å². The highest BCUT2D eigenvalue weighted by atomic mass is 19.3. The normalized spacial score (nSPS) is 12.5. The Morgan fingerprint density at radius 3 is 2.37 bits per heavy atom. The highest BCUT2D eigenvalue weighted by molar-refractivity contribution is 6.17. The number of benzene rings is 2. The first-order chi connectivity index (χ1) is 16.6. The molecule has 4 N–H and O–H groups in total. The number of aliphatic hydroxyl groups is 1. The van der Waals surface area contributed by atoms with Crippen molar-refractivity contribution in [2.75, 3.05) is 6.61 Å². The van der Waals surface area contributed by atoms with Crippen molar-refractivity contribution in [3.05, 3.63) is 101 Å². The van der Waals surface area contributed by atoms with Crippen molar-refractivity contribution >= 4 is 23.0 Å². The zero-order valence-electron chi connectivity index (χ0n) is 18.1. The highest BCUT2D eigenvalue weighted by Crippen LogP contribution is 2.22. The summed E-state index contributed by atoms with van der Waals surface area (Å²) in [6.07, 6.45) is 3.01. The molecule has 0 spiro atoms. The quantitative estimate of drug-likeness (QED) is 0.332. The third-order valence-electron chi connectivity index (χ3n) is 4.79. The molecule has 35 heavy (non-hydrogen) atoms. The molecule has 0 saturated heterocycles. The maximum absolute atomic E-state index is 14.7. The molecule has 11 heteroatoms. The number of nitrogens with zero attached hydrogens (tertiary/aromatic N) is 3. The number of carbonyl (C=O) groups is 1. The minimum Gasteiger partial charge on any atom is -0.398 e. The molecule has 0 unspecified atom stereocenters. The van der Waals surface area contributed by atoms with Gasteiger partial charge in [-0.3, -0.25) is 4.79 Å². The van der Waals surface area contributed by atoms with E-state index >= 15 is 0 Å². The lowest BCUT2D eigenvalue weighted by Gasteiger charge is -2.16. The summed E-state index contributed by atoms with van der Waals surface area (Å²) in [6, 6.07) is 9.71. The summed E-state index contributed by atoms with van der Waals surface area (Å²) in [5.41, 5.74) is 3.68. The van der Waals surface area contributed by atoms with Crippen LogP contribution in [-0.2, 0) is 6.42 Å². The number of allylic oxidation sites excluding steroid dienone is 1. The molecule has 1 heterocycles. The summed E-state index contributed by atoms with van der Waals surface area (Å²) < 4.78 is 56.5. The molecule has 1 amide bonds. The first-order valence-corrected chi connectivity index (χ1v) is 10.1. The van der Waals surface area contributed by atoms with Gasteiger partial charge in [-0.1, -0.05) is 18.2 Å². The Morgan fingerprint density at radius 1 is 1.09 bits per heavy atom. The minimum absolute atomic E-state index is 0.0196. The van der Waals surface area contributed by atoms with Crippen LogP contribution in [0.5, 0.6) is 0 Å². The van der Waals surface area contributed by atoms with Gasteiger partial charge in [0.1, 0.15) is 29.8 Å². The summed E-state index contributed by atoms with van der Waals surface area (Å²) in [6.45, 7) is -1.63. The van der Waals surface area contributed by atoms with Crippen molar-refractivity contribution in [2.24, 2.45) is 10.7 Å². The lowest BCUT2D eigenvalue weighted by molar-refractivity contribution is 0.0122. The number of nitrogens with one attached hydrogen (secondary N) is 1. The van der Waals surface area contributed by atoms with Gasteiger partial charge in [0.05, 0.1) is 17.7 Å². The Kier molecular flexibility index (Phi) is 7.82. The van der Waals surface area contributed by atoms with Crippen molar-refractivity contribution in [3.63, 3.8) is 0 Å². The van der Waals surface area contributed by atoms with Crippen molar-refractivity contribution < 1.29 is 27.5 Å². The summed E-state index contributed by atoms with van der Waals surface area (Å²) in [5.74, 6) is -6.72. The molecule has 0 fully saturated rings. The number of aliphatic imine (C=N–C) groups is 1. The van der Waals surface area contributed by atoms with Crippen LogP contribution in [0, 0.1) is 17.0 Å². The summed E-state index contributed by atoms with van der Waals surface area (Å²) >= 11 is 0. The second-order valence-electron chi connectivity index (χ2n) is 7.25. The Balaban J connectivity index is 2.01. The molecule has 7 nitrogen and oxygen atoms in total. The molecule has 2 aromatic carbocycles. The predicted octanol–water partition coefficient (Wildman–Crippen LogP) is 3.57. The van der Waals surface area contributed by atoms with Gasteiger partial charge in [-0.2, -0.15) is 8.78 Å². The zero-order chi connectivity index (χ0) is 25.6. The van der Waals surface area contributed by atoms with Gasteiger partial charge >= 0.3 is 5.92 Å². The number of rotatable bonds is 8. The number of alkyl halides is 2. The molecule has 0 aliphatic heterocycles. The number of hydrogen-bond acceptors (Lipinski definition) is 6. The largest absolute Gasteiger partial charge is 0.398 e. The van der Waals surface area contributed by atoms with E-state index in [0.29, 0.717) is 5.56 Å². The van der Waals surface area contributed by atoms with Gasteiger partial charge in [-0.05, 0) is 42.0 Å². The third-order valence-corrected chi connectivity index (χ3v) is 4.79. The molecule has 0 saturated carbocycles. The van der Waals surface area contributed by atoms with E-state index < -0.39 is 59.0 Å². The van der Waals surface area contributed by atoms with Gasteiger partial charge in [0.15, 0.2) is 0 Å². The summed E-state index contributed by atoms with van der Waals surface area (Å²) in [7, 11) is 0. The Hall–Kier alpha value is -4.25. The van der Waals surface area contributed by atoms with E-state index in [1.54, 1.807) is 0 Å². The van der Waals surface area contributed by atoms with Crippen molar-refractivity contribution in [2.45, 2.75) is 12.3 Å². The Bertz CT molecular complexity index is 1290. The van der Waals surface area contributed by atoms with Crippen LogP contribution >= 0.6 is 0 Å². The Morgan fingerprint density at radius 2 is 1.74 bits per heavy atom. The molecule has 3 aromatic rings. The minimum atomic E-state index is -3.89. The summed E-state index contributed by atoms with van der Waals surface area (Å²) in [5, 5.41) is 17.4. The highest BCUT2D eigenvalue weighted by Gasteiger charge is 2.36. The molecule has 3 rings (SSSR count). The van der Waals surface area contributed by atoms with Crippen LogP contribution in [0.15, 0.2) is 72.0 Å². The van der Waals surface area contributed by atoms with Crippen LogP contribution in [0.25, 0.3) is 5.70 Å². The van der Waals surface area contributed by atoms with E-state index in [1.807, 2.05) is 0 Å². The van der Waals surface area contributed by atoms with E-state index in [0.717, 1.165) is 36.4 Å². The number of nitrogens with two attached hydrogens (primary N) is 1. The third kappa shape index (κ3) is 6.21. The molecule has 0 aliphatic rings. The average Bonchev–Trinajstić information content (AvgIpc) is 2.84. The van der Waals surface area contributed by atoms with Crippen molar-refractivity contribution in [1.29, 1.82) is 5.41 Å². The van der Waals surface area contributed by atoms with E-state index in [-0.39, 0.29) is 11.5 Å². The SMILES string of the molecule is N=C(/C=C(\N)c1ccc(F)cc1)c1c(F)cccc1C(=O)/N=C(/Cc1ncccn1)C(F)(F)CO. The number of halogens is 4. The fourth-order valence-electron chi connectivity index (χ4n) is 3.03. The predicted molar refractivity (Wildman–Crippen MR) is 121 cm³/mol. The number of hydrogen-bond donors (Lipinski definition) is 3. The standard InChI is InChI=1S/C24H19F4N5O2/c25-15-7-5-14(6-8-15)18(29)11-19(30)22-16(3-1-4-17(22)26)23(35)33-20(24(27,28)13-34)12-21-31-9-2-10-32-21/h1-11,30,34H,12-13,29H2/b18-11-,30-19?,33-20-. The lowest BCUT2D eigenvalue weighted by atomic mass is 9.99. The van der Waals surface area contributed by atoms with E-state index in [4.69, 9.17) is 16.2 Å². The van der Waals surface area contributed by atoms with Gasteiger partial charge in [-0.15, -0.1) is 0 Å². The fraction of sp³-hybridized carbons (Fsp3) is 0.125. The second-order valence-corrected chi connectivity index (χ2v) is 7.25. The monoisotopic (exact) mass is 485 g/mol. The lowest BCUT2D eigenvalue weighted by Crippen LogP contribution is -2.35. The molecule has 180 valence electrons. The molecule has 0 bridgehead atoms. The molecular formula is C24H19F4N5O2. The number of aliphatic hydroxyl groups excluding tert-OH is 1. The van der Waals surface area contributed by atoms with Crippen molar-refractivity contribution in [3.8, 4) is 0 Å². The van der Waals surface area contributed by atoms with Gasteiger partial charge in [-0.25, -0.2) is 23.7 Å². The van der Waals surface area contributed by atoms with E-state index in [2.05, 4.69) is 15.0 Å². The maximum atomic E-state index is 14.7. The molecular weight excluding hydrogens is 466 g/mol. The molecule has 0 atom stereocenters. The smallest absolute Gasteiger partial charge is 0.309 e. The zero-order valence-corrected chi connectivity index (χ0v) is 18.1. The molecule has 0 aliphatic carbocycles. The summed E-state index contributed by atoms with van der Waals surface area (Å²) in [4.78, 5) is 24.0. The van der Waals surface area contributed by atoms with Crippen LogP contribution < -0.4 is 5.73 Å². The fourth-order valence-corrected chi connectivity index (χ4v) is 3.03. The van der Waals surface area contributed by atoms with Crippen LogP contribution in [0.4, 0.5) is 17.6 Å². The first-order valence-electron chi connectivity index (χ1n) is 10.1. The Labute approximate surface area is 197 Å². The van der Waals surface area contributed by atoms with Crippen LogP contribution in [0.3, 0.4) is 0 Å². The number of carbonyl (C=O) groups excluding carboxylic acids is 1. The molecule has 0 radical (unpaired) electrons. The van der Waals surface area contributed by atoms with Crippen LogP contribution in [-0.4, -0.2) is 44.9 Å². The number of aromatic nitrogens is 2. The van der Waals surface area contributed by atoms with Crippen LogP contribution in [0.2, 0.25) is 0 Å². The van der Waals surface area contributed by atoms with Gasteiger partial charge in [0.25, 0.3) is 5.91 Å². The average molecular weight is 485 g/mol. The second kappa shape index (κ2) is 10.8. The first kappa shape index (κ1) is 25.4. The van der Waals surface area contributed by atoms with Gasteiger partial charge in [0, 0.05) is 23.7 Å². The van der Waals surface area contributed by atoms with Gasteiger partial charge in [0.2, 0.25) is 0 Å². The van der Waals surface area contributed by atoms with E-state index in [1.165, 1.54) is 30.6 Å². The molecule has 1 aromatic heterocycles.